The van der Waals surface area contributed by atoms with Gasteiger partial charge in [-0.05, 0) is 25.0 Å². The number of aliphatic hydroxyl groups excluding tert-OH is 1. The van der Waals surface area contributed by atoms with Crippen LogP contribution < -0.4 is 15.8 Å². The van der Waals surface area contributed by atoms with Crippen LogP contribution in [0.3, 0.4) is 0 Å². The summed E-state index contributed by atoms with van der Waals surface area (Å²) in [6, 6.07) is 5.67. The van der Waals surface area contributed by atoms with Crippen molar-refractivity contribution in [2.24, 2.45) is 0 Å². The number of methoxy groups -OCH3 is 1. The summed E-state index contributed by atoms with van der Waals surface area (Å²) in [5.41, 5.74) is 6.90. The first kappa shape index (κ1) is 15.6. The maximum atomic E-state index is 12.0. The number of carbonyl (C=O) groups excluding carboxylic acids is 1. The van der Waals surface area contributed by atoms with E-state index in [1.54, 1.807) is 25.3 Å². The molecule has 6 heteroatoms. The van der Waals surface area contributed by atoms with Gasteiger partial charge in [-0.3, -0.25) is 9.69 Å². The predicted octanol–water partition coefficient (Wildman–Crippen LogP) is 1.06. The lowest BCUT2D eigenvalue weighted by atomic mass is 10.2. The molecule has 0 radical (unpaired) electrons. The molecular formula is C15H23N3O3. The van der Waals surface area contributed by atoms with Crippen LogP contribution in [0.5, 0.6) is 5.75 Å². The predicted molar refractivity (Wildman–Crippen MR) is 82.3 cm³/mol. The summed E-state index contributed by atoms with van der Waals surface area (Å²) >= 11 is 0. The minimum atomic E-state index is -0.0679. The van der Waals surface area contributed by atoms with Gasteiger partial charge in [0.2, 0.25) is 5.91 Å². The lowest BCUT2D eigenvalue weighted by Gasteiger charge is -2.20. The zero-order valence-electron chi connectivity index (χ0n) is 12.3. The van der Waals surface area contributed by atoms with E-state index in [-0.39, 0.29) is 12.5 Å². The van der Waals surface area contributed by atoms with Crippen LogP contribution in [0.15, 0.2) is 18.2 Å². The highest BCUT2D eigenvalue weighted by Gasteiger charge is 2.28. The van der Waals surface area contributed by atoms with Crippen molar-refractivity contribution in [3.63, 3.8) is 0 Å². The van der Waals surface area contributed by atoms with E-state index in [0.717, 1.165) is 12.8 Å². The SMILES string of the molecule is COc1cc(N)ccc1NC(=O)CCN(CCO)C1CC1. The normalized spacial score (nSPS) is 14.2. The second kappa shape index (κ2) is 7.28. The zero-order chi connectivity index (χ0) is 15.2. The van der Waals surface area contributed by atoms with Crippen LogP contribution >= 0.6 is 0 Å². The molecule has 0 atom stereocenters. The Morgan fingerprint density at radius 3 is 2.86 bits per heavy atom. The summed E-state index contributed by atoms with van der Waals surface area (Å²) in [6.07, 6.45) is 2.71. The third-order valence-electron chi connectivity index (χ3n) is 3.58. The second-order valence-electron chi connectivity index (χ2n) is 5.25. The molecule has 0 saturated heterocycles. The maximum Gasteiger partial charge on any atom is 0.225 e. The summed E-state index contributed by atoms with van der Waals surface area (Å²) in [6.45, 7) is 1.42. The number of carbonyl (C=O) groups is 1. The Balaban J connectivity index is 1.86. The van der Waals surface area contributed by atoms with E-state index in [1.165, 1.54) is 0 Å². The zero-order valence-corrected chi connectivity index (χ0v) is 12.3. The molecule has 0 unspecified atom stereocenters. The Bertz CT molecular complexity index is 489. The smallest absolute Gasteiger partial charge is 0.225 e. The number of amides is 1. The molecule has 0 bridgehead atoms. The number of anilines is 2. The molecular weight excluding hydrogens is 270 g/mol. The first-order valence-electron chi connectivity index (χ1n) is 7.22. The van der Waals surface area contributed by atoms with Gasteiger partial charge in [-0.2, -0.15) is 0 Å². The van der Waals surface area contributed by atoms with Gasteiger partial charge in [0.05, 0.1) is 19.4 Å². The molecule has 1 fully saturated rings. The van der Waals surface area contributed by atoms with Gasteiger partial charge >= 0.3 is 0 Å². The van der Waals surface area contributed by atoms with Crippen LogP contribution in [0.25, 0.3) is 0 Å². The third-order valence-corrected chi connectivity index (χ3v) is 3.58. The monoisotopic (exact) mass is 293 g/mol. The van der Waals surface area contributed by atoms with Crippen LogP contribution in [0.2, 0.25) is 0 Å². The van der Waals surface area contributed by atoms with Gasteiger partial charge in [-0.1, -0.05) is 0 Å². The number of hydrogen-bond donors (Lipinski definition) is 3. The first-order valence-corrected chi connectivity index (χ1v) is 7.22. The van der Waals surface area contributed by atoms with Crippen molar-refractivity contribution in [2.45, 2.75) is 25.3 Å². The van der Waals surface area contributed by atoms with Crippen LogP contribution in [0.4, 0.5) is 11.4 Å². The molecule has 0 aromatic heterocycles. The number of hydrogen-bond acceptors (Lipinski definition) is 5. The van der Waals surface area contributed by atoms with Gasteiger partial charge in [0, 0.05) is 37.3 Å². The standard InChI is InChI=1S/C15H23N3O3/c1-21-14-10-11(16)2-5-13(14)17-15(20)6-7-18(8-9-19)12-3-4-12/h2,5,10,12,19H,3-4,6-9,16H2,1H3,(H,17,20). The summed E-state index contributed by atoms with van der Waals surface area (Å²) in [5, 5.41) is 11.9. The first-order chi connectivity index (χ1) is 10.1. The molecule has 4 N–H and O–H groups in total. The summed E-state index contributed by atoms with van der Waals surface area (Å²) in [7, 11) is 1.54. The molecule has 0 spiro atoms. The van der Waals surface area contributed by atoms with Gasteiger partial charge in [0.15, 0.2) is 0 Å². The van der Waals surface area contributed by atoms with Crippen molar-refractivity contribution >= 4 is 17.3 Å². The highest BCUT2D eigenvalue weighted by Crippen LogP contribution is 2.28. The Morgan fingerprint density at radius 1 is 1.48 bits per heavy atom. The van der Waals surface area contributed by atoms with E-state index in [1.807, 2.05) is 0 Å². The van der Waals surface area contributed by atoms with E-state index in [9.17, 15) is 4.79 Å². The molecule has 1 aliphatic carbocycles. The largest absolute Gasteiger partial charge is 0.494 e. The molecule has 0 heterocycles. The summed E-state index contributed by atoms with van der Waals surface area (Å²) in [4.78, 5) is 14.2. The molecule has 1 aliphatic rings. The van der Waals surface area contributed by atoms with Gasteiger partial charge in [-0.15, -0.1) is 0 Å². The molecule has 2 rings (SSSR count). The Morgan fingerprint density at radius 2 is 2.24 bits per heavy atom. The van der Waals surface area contributed by atoms with Crippen molar-refractivity contribution in [2.75, 3.05) is 37.9 Å². The third kappa shape index (κ3) is 4.61. The molecule has 1 amide bonds. The number of nitrogens with two attached hydrogens (primary N) is 1. The van der Waals surface area contributed by atoms with Crippen LogP contribution in [-0.4, -0.2) is 48.8 Å². The Kier molecular flexibility index (Phi) is 5.41. The van der Waals surface area contributed by atoms with Crippen LogP contribution in [-0.2, 0) is 4.79 Å². The van der Waals surface area contributed by atoms with Gasteiger partial charge in [0.1, 0.15) is 5.75 Å². The van der Waals surface area contributed by atoms with E-state index < -0.39 is 0 Å². The van der Waals surface area contributed by atoms with E-state index in [4.69, 9.17) is 15.6 Å². The number of benzene rings is 1. The average molecular weight is 293 g/mol. The van der Waals surface area contributed by atoms with E-state index in [0.29, 0.717) is 42.7 Å². The molecule has 21 heavy (non-hydrogen) atoms. The van der Waals surface area contributed by atoms with Gasteiger partial charge < -0.3 is 20.9 Å². The van der Waals surface area contributed by atoms with Crippen molar-refractivity contribution in [1.82, 2.24) is 4.90 Å². The molecule has 1 saturated carbocycles. The van der Waals surface area contributed by atoms with Crippen LogP contribution in [0, 0.1) is 0 Å². The highest BCUT2D eigenvalue weighted by molar-refractivity contribution is 5.92. The average Bonchev–Trinajstić information content (AvgIpc) is 3.30. The van der Waals surface area contributed by atoms with Crippen molar-refractivity contribution in [1.29, 1.82) is 0 Å². The molecule has 1 aromatic rings. The fourth-order valence-electron chi connectivity index (χ4n) is 2.31. The Hall–Kier alpha value is -1.79. The van der Waals surface area contributed by atoms with Crippen LogP contribution in [0.1, 0.15) is 19.3 Å². The molecule has 0 aliphatic heterocycles. The van der Waals surface area contributed by atoms with E-state index in [2.05, 4.69) is 10.2 Å². The topological polar surface area (TPSA) is 87.8 Å². The number of ether oxygens (including phenoxy) is 1. The number of nitrogens with one attached hydrogen (secondary N) is 1. The van der Waals surface area contributed by atoms with E-state index >= 15 is 0 Å². The number of nitrogens with zero attached hydrogens (tertiary/aromatic N) is 1. The Labute approximate surface area is 124 Å². The number of nitrogen functional groups attached to an aromatic ring is 1. The summed E-state index contributed by atoms with van der Waals surface area (Å²) in [5.74, 6) is 0.486. The van der Waals surface area contributed by atoms with Gasteiger partial charge in [0.25, 0.3) is 0 Å². The summed E-state index contributed by atoms with van der Waals surface area (Å²) < 4.78 is 5.20. The van der Waals surface area contributed by atoms with Crippen molar-refractivity contribution in [3.05, 3.63) is 18.2 Å². The fourth-order valence-corrected chi connectivity index (χ4v) is 2.31. The quantitative estimate of drug-likeness (QED) is 0.624. The lowest BCUT2D eigenvalue weighted by molar-refractivity contribution is -0.116. The number of rotatable bonds is 8. The minimum absolute atomic E-state index is 0.0679. The van der Waals surface area contributed by atoms with Crippen molar-refractivity contribution in [3.8, 4) is 5.75 Å². The fraction of sp³-hybridized carbons (Fsp3) is 0.533. The molecule has 6 nitrogen and oxygen atoms in total. The minimum Gasteiger partial charge on any atom is -0.494 e. The second-order valence-corrected chi connectivity index (χ2v) is 5.25. The number of aliphatic hydroxyl groups is 1. The maximum absolute atomic E-state index is 12.0. The molecule has 1 aromatic carbocycles. The van der Waals surface area contributed by atoms with Gasteiger partial charge in [-0.25, -0.2) is 0 Å². The highest BCUT2D eigenvalue weighted by atomic mass is 16.5. The molecule has 116 valence electrons. The van der Waals surface area contributed by atoms with Crippen molar-refractivity contribution < 1.29 is 14.6 Å². The lowest BCUT2D eigenvalue weighted by Crippen LogP contribution is -2.32.